The lowest BCUT2D eigenvalue weighted by Crippen LogP contribution is -2.01. The van der Waals surface area contributed by atoms with Gasteiger partial charge >= 0.3 is 5.97 Å². The second-order valence-corrected chi connectivity index (χ2v) is 3.12. The molecule has 0 aliphatic rings. The van der Waals surface area contributed by atoms with Gasteiger partial charge in [-0.25, -0.2) is 9.64 Å². The molecule has 0 radical (unpaired) electrons. The van der Waals surface area contributed by atoms with Gasteiger partial charge in [-0.2, -0.15) is 0 Å². The first-order valence-corrected chi connectivity index (χ1v) is 4.23. The average Bonchev–Trinajstić information content (AvgIpc) is 2.16. The van der Waals surface area contributed by atoms with E-state index in [1.54, 1.807) is 18.2 Å². The molecule has 0 heterocycles. The number of esters is 1. The SMILES string of the molecule is [C-]#[N+]c1ccc(C(=O)OC)c(Br)c1. The number of ether oxygens (including phenoxy) is 1. The van der Waals surface area contributed by atoms with E-state index in [-0.39, 0.29) is 0 Å². The lowest BCUT2D eigenvalue weighted by Gasteiger charge is -2.01. The van der Waals surface area contributed by atoms with Gasteiger partial charge in [0.15, 0.2) is 5.69 Å². The average molecular weight is 240 g/mol. The van der Waals surface area contributed by atoms with Gasteiger partial charge in [-0.3, -0.25) is 0 Å². The summed E-state index contributed by atoms with van der Waals surface area (Å²) in [7, 11) is 1.32. The normalized spacial score (nSPS) is 9.00. The Balaban J connectivity index is 3.14. The highest BCUT2D eigenvalue weighted by Gasteiger charge is 2.09. The highest BCUT2D eigenvalue weighted by molar-refractivity contribution is 9.10. The van der Waals surface area contributed by atoms with Gasteiger partial charge < -0.3 is 4.74 Å². The molecule has 4 heteroatoms. The van der Waals surface area contributed by atoms with Gasteiger partial charge in [0.1, 0.15) is 0 Å². The summed E-state index contributed by atoms with van der Waals surface area (Å²) in [5.74, 6) is -0.414. The number of halogens is 1. The van der Waals surface area contributed by atoms with Gasteiger partial charge in [0.25, 0.3) is 0 Å². The molecule has 0 N–H and O–H groups in total. The third-order valence-electron chi connectivity index (χ3n) is 1.49. The van der Waals surface area contributed by atoms with Crippen LogP contribution < -0.4 is 0 Å². The molecule has 0 saturated carbocycles. The standard InChI is InChI=1S/C9H6BrNO2/c1-11-6-3-4-7(8(10)5-6)9(12)13-2/h3-5H,2H3. The zero-order valence-electron chi connectivity index (χ0n) is 6.87. The molecule has 0 unspecified atom stereocenters. The van der Waals surface area contributed by atoms with E-state index in [1.165, 1.54) is 7.11 Å². The van der Waals surface area contributed by atoms with E-state index < -0.39 is 5.97 Å². The number of hydrogen-bond donors (Lipinski definition) is 0. The van der Waals surface area contributed by atoms with Crippen molar-refractivity contribution >= 4 is 27.6 Å². The minimum absolute atomic E-state index is 0.414. The van der Waals surface area contributed by atoms with Crippen LogP contribution in [-0.2, 0) is 4.74 Å². The van der Waals surface area contributed by atoms with Gasteiger partial charge in [0, 0.05) is 4.47 Å². The number of carbonyl (C=O) groups excluding carboxylic acids is 1. The Hall–Kier alpha value is -1.34. The molecule has 0 aliphatic heterocycles. The molecular weight excluding hydrogens is 234 g/mol. The zero-order valence-corrected chi connectivity index (χ0v) is 8.46. The van der Waals surface area contributed by atoms with Crippen molar-refractivity contribution in [2.45, 2.75) is 0 Å². The van der Waals surface area contributed by atoms with Crippen LogP contribution in [0.25, 0.3) is 4.85 Å². The smallest absolute Gasteiger partial charge is 0.338 e. The Morgan fingerprint density at radius 2 is 2.31 bits per heavy atom. The number of rotatable bonds is 1. The van der Waals surface area contributed by atoms with E-state index in [9.17, 15) is 4.79 Å². The summed E-state index contributed by atoms with van der Waals surface area (Å²) in [4.78, 5) is 14.3. The largest absolute Gasteiger partial charge is 0.465 e. The number of methoxy groups -OCH3 is 1. The maximum absolute atomic E-state index is 11.1. The topological polar surface area (TPSA) is 30.7 Å². The first-order chi connectivity index (χ1) is 6.19. The van der Waals surface area contributed by atoms with Crippen LogP contribution in [0.2, 0.25) is 0 Å². The summed E-state index contributed by atoms with van der Waals surface area (Å²) in [6.45, 7) is 6.75. The molecule has 0 amide bonds. The van der Waals surface area contributed by atoms with Crippen LogP contribution in [-0.4, -0.2) is 13.1 Å². The minimum Gasteiger partial charge on any atom is -0.465 e. The highest BCUT2D eigenvalue weighted by atomic mass is 79.9. The molecule has 0 atom stereocenters. The van der Waals surface area contributed by atoms with Crippen LogP contribution in [0.4, 0.5) is 5.69 Å². The zero-order chi connectivity index (χ0) is 9.84. The molecule has 1 aromatic rings. The first-order valence-electron chi connectivity index (χ1n) is 3.44. The lowest BCUT2D eigenvalue weighted by atomic mass is 10.2. The highest BCUT2D eigenvalue weighted by Crippen LogP contribution is 2.23. The van der Waals surface area contributed by atoms with Gasteiger partial charge in [0.05, 0.1) is 19.2 Å². The van der Waals surface area contributed by atoms with Gasteiger partial charge in [-0.15, -0.1) is 0 Å². The fraction of sp³-hybridized carbons (Fsp3) is 0.111. The fourth-order valence-corrected chi connectivity index (χ4v) is 1.38. The minimum atomic E-state index is -0.414. The van der Waals surface area contributed by atoms with E-state index in [0.29, 0.717) is 15.7 Å². The maximum atomic E-state index is 11.1. The first kappa shape index (κ1) is 9.75. The fourth-order valence-electron chi connectivity index (χ4n) is 0.849. The van der Waals surface area contributed by atoms with E-state index in [4.69, 9.17) is 6.57 Å². The summed E-state index contributed by atoms with van der Waals surface area (Å²) in [6, 6.07) is 4.71. The summed E-state index contributed by atoms with van der Waals surface area (Å²) < 4.78 is 5.12. The van der Waals surface area contributed by atoms with E-state index in [2.05, 4.69) is 25.5 Å². The van der Waals surface area contributed by atoms with Crippen LogP contribution in [0.15, 0.2) is 22.7 Å². The van der Waals surface area contributed by atoms with E-state index >= 15 is 0 Å². The van der Waals surface area contributed by atoms with E-state index in [0.717, 1.165) is 0 Å². The Bertz CT molecular complexity index is 382. The Morgan fingerprint density at radius 1 is 1.62 bits per heavy atom. The summed E-state index contributed by atoms with van der Waals surface area (Å²) >= 11 is 3.19. The Labute approximate surface area is 84.3 Å². The third kappa shape index (κ3) is 2.07. The van der Waals surface area contributed by atoms with Gasteiger partial charge in [0.2, 0.25) is 0 Å². The molecule has 0 fully saturated rings. The van der Waals surface area contributed by atoms with E-state index in [1.807, 2.05) is 0 Å². The molecular formula is C9H6BrNO2. The van der Waals surface area contributed by atoms with Crippen molar-refractivity contribution in [2.75, 3.05) is 7.11 Å². The molecule has 1 rings (SSSR count). The lowest BCUT2D eigenvalue weighted by molar-refractivity contribution is 0.0600. The molecule has 66 valence electrons. The molecule has 0 bridgehead atoms. The van der Waals surface area contributed by atoms with Gasteiger partial charge in [-0.05, 0) is 6.07 Å². The van der Waals surface area contributed by atoms with Crippen LogP contribution in [0.1, 0.15) is 10.4 Å². The molecule has 1 aromatic carbocycles. The Morgan fingerprint density at radius 3 is 2.77 bits per heavy atom. The second kappa shape index (κ2) is 4.06. The quantitative estimate of drug-likeness (QED) is 0.558. The molecule has 0 aromatic heterocycles. The van der Waals surface area contributed by atoms with Crippen molar-refractivity contribution in [3.05, 3.63) is 39.7 Å². The summed E-state index contributed by atoms with van der Waals surface area (Å²) in [5.41, 5.74) is 0.912. The van der Waals surface area contributed by atoms with Gasteiger partial charge in [-0.1, -0.05) is 28.1 Å². The molecule has 0 spiro atoms. The second-order valence-electron chi connectivity index (χ2n) is 2.27. The number of carbonyl (C=O) groups is 1. The van der Waals surface area contributed by atoms with Crippen molar-refractivity contribution in [3.63, 3.8) is 0 Å². The summed E-state index contributed by atoms with van der Waals surface area (Å²) in [5, 5.41) is 0. The predicted octanol–water partition coefficient (Wildman–Crippen LogP) is 2.79. The maximum Gasteiger partial charge on any atom is 0.338 e. The van der Waals surface area contributed by atoms with Crippen molar-refractivity contribution in [2.24, 2.45) is 0 Å². The number of nitrogens with zero attached hydrogens (tertiary/aromatic N) is 1. The number of benzene rings is 1. The van der Waals surface area contributed by atoms with Crippen LogP contribution in [0.5, 0.6) is 0 Å². The van der Waals surface area contributed by atoms with Crippen molar-refractivity contribution in [1.82, 2.24) is 0 Å². The predicted molar refractivity (Wildman–Crippen MR) is 51.7 cm³/mol. The number of hydrogen-bond acceptors (Lipinski definition) is 2. The van der Waals surface area contributed by atoms with Crippen LogP contribution in [0.3, 0.4) is 0 Å². The Kier molecular flexibility index (Phi) is 3.04. The van der Waals surface area contributed by atoms with Crippen molar-refractivity contribution in [3.8, 4) is 0 Å². The molecule has 0 saturated heterocycles. The third-order valence-corrected chi connectivity index (χ3v) is 2.14. The van der Waals surface area contributed by atoms with Crippen molar-refractivity contribution in [1.29, 1.82) is 0 Å². The molecule has 13 heavy (non-hydrogen) atoms. The monoisotopic (exact) mass is 239 g/mol. The van der Waals surface area contributed by atoms with Crippen LogP contribution >= 0.6 is 15.9 Å². The molecule has 3 nitrogen and oxygen atoms in total. The van der Waals surface area contributed by atoms with Crippen LogP contribution in [0, 0.1) is 6.57 Å². The van der Waals surface area contributed by atoms with Crippen molar-refractivity contribution < 1.29 is 9.53 Å². The molecule has 0 aliphatic carbocycles. The summed E-state index contributed by atoms with van der Waals surface area (Å²) in [6.07, 6.45) is 0.